The van der Waals surface area contributed by atoms with Crippen LogP contribution in [0.25, 0.3) is 11.3 Å². The van der Waals surface area contributed by atoms with Crippen LogP contribution >= 0.6 is 23.2 Å². The minimum atomic E-state index is -1.21. The lowest BCUT2D eigenvalue weighted by atomic mass is 9.99. The van der Waals surface area contributed by atoms with Crippen molar-refractivity contribution in [1.82, 2.24) is 4.98 Å². The number of aryl methyl sites for hydroxylation is 1. The summed E-state index contributed by atoms with van der Waals surface area (Å²) in [6.45, 7) is 1.73. The first kappa shape index (κ1) is 13.2. The Bertz CT molecular complexity index is 769. The SMILES string of the molecule is Cc1nc2c(cc1C#N)[C@H](O)Oc1c(Cl)cc(Cl)cc1-2. The number of pyridine rings is 1. The first-order valence-corrected chi connectivity index (χ1v) is 6.52. The molecule has 1 atom stereocenters. The molecule has 0 saturated carbocycles. The van der Waals surface area contributed by atoms with E-state index in [1.54, 1.807) is 19.1 Å². The van der Waals surface area contributed by atoms with Crippen LogP contribution in [0.15, 0.2) is 18.2 Å². The van der Waals surface area contributed by atoms with E-state index in [1.165, 1.54) is 6.07 Å². The molecule has 0 unspecified atom stereocenters. The van der Waals surface area contributed by atoms with Gasteiger partial charge in [-0.25, -0.2) is 0 Å². The number of aliphatic hydroxyl groups is 1. The van der Waals surface area contributed by atoms with E-state index in [9.17, 15) is 5.11 Å². The summed E-state index contributed by atoms with van der Waals surface area (Å²) in [6.07, 6.45) is -1.21. The van der Waals surface area contributed by atoms with Gasteiger partial charge in [-0.15, -0.1) is 0 Å². The van der Waals surface area contributed by atoms with Crippen LogP contribution in [0.3, 0.4) is 0 Å². The van der Waals surface area contributed by atoms with Gasteiger partial charge in [0.15, 0.2) is 5.75 Å². The van der Waals surface area contributed by atoms with E-state index in [1.807, 2.05) is 6.07 Å². The number of rotatable bonds is 0. The molecular weight excluding hydrogens is 299 g/mol. The summed E-state index contributed by atoms with van der Waals surface area (Å²) in [7, 11) is 0. The van der Waals surface area contributed by atoms with Crippen molar-refractivity contribution in [1.29, 1.82) is 5.26 Å². The predicted octanol–water partition coefficient (Wildman–Crippen LogP) is 3.62. The van der Waals surface area contributed by atoms with Crippen LogP contribution in [0.1, 0.15) is 23.1 Å². The molecule has 0 saturated heterocycles. The first-order chi connectivity index (χ1) is 9.51. The Morgan fingerprint density at radius 2 is 2.10 bits per heavy atom. The van der Waals surface area contributed by atoms with Crippen LogP contribution in [-0.2, 0) is 0 Å². The van der Waals surface area contributed by atoms with Crippen LogP contribution in [0.4, 0.5) is 0 Å². The predicted molar refractivity (Wildman–Crippen MR) is 74.7 cm³/mol. The molecule has 1 aromatic heterocycles. The molecule has 3 rings (SSSR count). The molecule has 0 amide bonds. The highest BCUT2D eigenvalue weighted by Gasteiger charge is 2.29. The van der Waals surface area contributed by atoms with Gasteiger partial charge in [0.05, 0.1) is 22.0 Å². The van der Waals surface area contributed by atoms with E-state index in [4.69, 9.17) is 33.2 Å². The Hall–Kier alpha value is -1.80. The molecule has 20 heavy (non-hydrogen) atoms. The summed E-state index contributed by atoms with van der Waals surface area (Å²) in [5.74, 6) is 0.340. The molecule has 0 spiro atoms. The van der Waals surface area contributed by atoms with Crippen LogP contribution in [0.5, 0.6) is 5.75 Å². The molecule has 2 aromatic rings. The van der Waals surface area contributed by atoms with Gasteiger partial charge < -0.3 is 9.84 Å². The number of benzene rings is 1. The largest absolute Gasteiger partial charge is 0.458 e. The van der Waals surface area contributed by atoms with Crippen molar-refractivity contribution < 1.29 is 9.84 Å². The van der Waals surface area contributed by atoms with Crippen LogP contribution in [-0.4, -0.2) is 10.1 Å². The Kier molecular flexibility index (Phi) is 3.06. The molecule has 2 heterocycles. The zero-order valence-corrected chi connectivity index (χ0v) is 11.8. The van der Waals surface area contributed by atoms with E-state index >= 15 is 0 Å². The summed E-state index contributed by atoms with van der Waals surface area (Å²) in [4.78, 5) is 4.38. The molecule has 0 fully saturated rings. The normalized spacial score (nSPS) is 15.8. The third-order valence-electron chi connectivity index (χ3n) is 3.12. The lowest BCUT2D eigenvalue weighted by molar-refractivity contribution is -0.0216. The monoisotopic (exact) mass is 306 g/mol. The van der Waals surface area contributed by atoms with Crippen LogP contribution < -0.4 is 4.74 Å². The molecule has 0 bridgehead atoms. The number of aliphatic hydroxyl groups excluding tert-OH is 1. The quantitative estimate of drug-likeness (QED) is 0.807. The molecule has 1 aromatic carbocycles. The lowest BCUT2D eigenvalue weighted by Crippen LogP contribution is -2.16. The third kappa shape index (κ3) is 1.92. The lowest BCUT2D eigenvalue weighted by Gasteiger charge is -2.26. The van der Waals surface area contributed by atoms with Crippen LogP contribution in [0, 0.1) is 18.3 Å². The number of nitriles is 1. The Balaban J connectivity index is 2.34. The van der Waals surface area contributed by atoms with Crippen molar-refractivity contribution in [3.05, 3.63) is 45.1 Å². The molecule has 1 N–H and O–H groups in total. The van der Waals surface area contributed by atoms with Gasteiger partial charge in [-0.05, 0) is 25.1 Å². The van der Waals surface area contributed by atoms with Crippen molar-refractivity contribution in [2.45, 2.75) is 13.2 Å². The Morgan fingerprint density at radius 3 is 2.80 bits per heavy atom. The van der Waals surface area contributed by atoms with E-state index in [2.05, 4.69) is 4.98 Å². The fourth-order valence-electron chi connectivity index (χ4n) is 2.17. The van der Waals surface area contributed by atoms with E-state index in [0.717, 1.165) is 0 Å². The van der Waals surface area contributed by atoms with Gasteiger partial charge in [0.25, 0.3) is 0 Å². The highest BCUT2D eigenvalue weighted by Crippen LogP contribution is 2.46. The maximum absolute atomic E-state index is 10.0. The zero-order valence-electron chi connectivity index (χ0n) is 10.3. The maximum atomic E-state index is 10.0. The van der Waals surface area contributed by atoms with Gasteiger partial charge in [-0.1, -0.05) is 23.2 Å². The van der Waals surface area contributed by atoms with Gasteiger partial charge in [0.2, 0.25) is 6.29 Å². The van der Waals surface area contributed by atoms with Crippen LogP contribution in [0.2, 0.25) is 10.0 Å². The van der Waals surface area contributed by atoms with Gasteiger partial charge in [0.1, 0.15) is 6.07 Å². The second kappa shape index (κ2) is 4.64. The summed E-state index contributed by atoms with van der Waals surface area (Å²) >= 11 is 12.1. The summed E-state index contributed by atoms with van der Waals surface area (Å²) < 4.78 is 5.40. The smallest absolute Gasteiger partial charge is 0.226 e. The molecule has 0 aliphatic carbocycles. The molecule has 0 radical (unpaired) electrons. The topological polar surface area (TPSA) is 66.1 Å². The first-order valence-electron chi connectivity index (χ1n) is 5.77. The molecule has 1 aliphatic rings. The number of nitrogens with zero attached hydrogens (tertiary/aromatic N) is 2. The highest BCUT2D eigenvalue weighted by atomic mass is 35.5. The standard InChI is InChI=1S/C14H8Cl2N2O2/c1-6-7(5-17)2-10-12(18-6)9-3-8(15)4-11(16)13(9)20-14(10)19/h2-4,14,19H,1H3/t14-/m1/s1. The summed E-state index contributed by atoms with van der Waals surface area (Å²) in [5, 5.41) is 19.8. The number of aromatic nitrogens is 1. The second-order valence-corrected chi connectivity index (χ2v) is 5.25. The number of hydrogen-bond donors (Lipinski definition) is 1. The van der Waals surface area contributed by atoms with Gasteiger partial charge >= 0.3 is 0 Å². The molecule has 100 valence electrons. The fraction of sp³-hybridized carbons (Fsp3) is 0.143. The number of fused-ring (bicyclic) bond motifs is 3. The van der Waals surface area contributed by atoms with E-state index in [0.29, 0.717) is 43.9 Å². The number of hydrogen-bond acceptors (Lipinski definition) is 4. The molecule has 4 nitrogen and oxygen atoms in total. The molecule has 6 heteroatoms. The van der Waals surface area contributed by atoms with Crippen molar-refractivity contribution in [2.24, 2.45) is 0 Å². The fourth-order valence-corrected chi connectivity index (χ4v) is 2.71. The number of halogens is 2. The van der Waals surface area contributed by atoms with Gasteiger partial charge in [-0.2, -0.15) is 5.26 Å². The van der Waals surface area contributed by atoms with Crippen molar-refractivity contribution in [3.63, 3.8) is 0 Å². The molecule has 1 aliphatic heterocycles. The number of ether oxygens (including phenoxy) is 1. The average Bonchev–Trinajstić information content (AvgIpc) is 2.40. The Morgan fingerprint density at radius 1 is 1.35 bits per heavy atom. The van der Waals surface area contributed by atoms with E-state index < -0.39 is 6.29 Å². The third-order valence-corrected chi connectivity index (χ3v) is 3.62. The van der Waals surface area contributed by atoms with E-state index in [-0.39, 0.29) is 0 Å². The second-order valence-electron chi connectivity index (χ2n) is 4.41. The Labute approximate surface area is 125 Å². The molecular formula is C14H8Cl2N2O2. The van der Waals surface area contributed by atoms with Crippen molar-refractivity contribution in [2.75, 3.05) is 0 Å². The average molecular weight is 307 g/mol. The minimum absolute atomic E-state index is 0.306. The van der Waals surface area contributed by atoms with Gasteiger partial charge in [0, 0.05) is 16.1 Å². The van der Waals surface area contributed by atoms with Gasteiger partial charge in [-0.3, -0.25) is 4.98 Å². The highest BCUT2D eigenvalue weighted by molar-refractivity contribution is 6.36. The van der Waals surface area contributed by atoms with Crippen molar-refractivity contribution >= 4 is 23.2 Å². The zero-order chi connectivity index (χ0) is 14.4. The minimum Gasteiger partial charge on any atom is -0.458 e. The summed E-state index contributed by atoms with van der Waals surface area (Å²) in [6, 6.07) is 6.81. The van der Waals surface area contributed by atoms with Crippen molar-refractivity contribution in [3.8, 4) is 23.1 Å². The summed E-state index contributed by atoms with van der Waals surface area (Å²) in [5.41, 5.74) is 2.53. The maximum Gasteiger partial charge on any atom is 0.226 e.